The van der Waals surface area contributed by atoms with Gasteiger partial charge in [-0.25, -0.2) is 9.18 Å². The van der Waals surface area contributed by atoms with E-state index in [2.05, 4.69) is 0 Å². The van der Waals surface area contributed by atoms with Crippen molar-refractivity contribution in [2.24, 2.45) is 5.41 Å². The molecule has 1 aliphatic heterocycles. The summed E-state index contributed by atoms with van der Waals surface area (Å²) in [4.78, 5) is 24.0. The molecule has 1 aromatic rings. The van der Waals surface area contributed by atoms with E-state index >= 15 is 0 Å². The number of cyclic esters (lactones) is 1. The smallest absolute Gasteiger partial charge is 0.334 e. The molecule has 1 aromatic carbocycles. The summed E-state index contributed by atoms with van der Waals surface area (Å²) in [5.41, 5.74) is -0.723. The topological polar surface area (TPSA) is 72.8 Å². The monoisotopic (exact) mass is 384 g/mol. The second kappa shape index (κ2) is 7.76. The van der Waals surface area contributed by atoms with Crippen molar-refractivity contribution in [2.45, 2.75) is 39.2 Å². The molecule has 5 nitrogen and oxygen atoms in total. The molecule has 1 unspecified atom stereocenters. The van der Waals surface area contributed by atoms with Gasteiger partial charge < -0.3 is 14.6 Å². The maximum absolute atomic E-state index is 13.2. The number of rotatable bonds is 5. The second-order valence-electron chi connectivity index (χ2n) is 7.65. The van der Waals surface area contributed by atoms with E-state index in [1.165, 1.54) is 24.3 Å². The molecule has 1 saturated heterocycles. The Labute approximate surface area is 156 Å². The molecule has 0 saturated carbocycles. The molecule has 1 atom stereocenters. The fourth-order valence-electron chi connectivity index (χ4n) is 2.54. The van der Waals surface area contributed by atoms with Crippen molar-refractivity contribution < 1.29 is 28.6 Å². The lowest BCUT2D eigenvalue weighted by Gasteiger charge is -2.25. The van der Waals surface area contributed by atoms with Gasteiger partial charge in [-0.15, -0.1) is 0 Å². The largest absolute Gasteiger partial charge is 0.461 e. The number of ether oxygens (including phenoxy) is 2. The number of benzene rings is 1. The molecule has 142 valence electrons. The van der Waals surface area contributed by atoms with Crippen molar-refractivity contribution in [1.29, 1.82) is 0 Å². The first kappa shape index (κ1) is 20.4. The minimum atomic E-state index is -1.31. The van der Waals surface area contributed by atoms with E-state index in [9.17, 15) is 19.1 Å². The molecular weight excluding hydrogens is 363 g/mol. The predicted molar refractivity (Wildman–Crippen MR) is 94.9 cm³/mol. The summed E-state index contributed by atoms with van der Waals surface area (Å²) >= 11 is 5.74. The normalized spacial score (nSPS) is 21.8. The third-order valence-corrected chi connectivity index (χ3v) is 4.12. The van der Waals surface area contributed by atoms with E-state index in [0.29, 0.717) is 5.56 Å². The van der Waals surface area contributed by atoms with Gasteiger partial charge in [0.1, 0.15) is 12.4 Å². The molecule has 2 rings (SSSR count). The first-order valence-electron chi connectivity index (χ1n) is 8.19. The minimum Gasteiger partial charge on any atom is -0.461 e. The average Bonchev–Trinajstić information content (AvgIpc) is 2.84. The summed E-state index contributed by atoms with van der Waals surface area (Å²) in [6, 6.07) is 4.06. The average molecular weight is 385 g/mol. The van der Waals surface area contributed by atoms with E-state index in [1.54, 1.807) is 0 Å². The Balaban J connectivity index is 2.10. The van der Waals surface area contributed by atoms with Crippen molar-refractivity contribution in [2.75, 3.05) is 13.2 Å². The molecule has 1 aliphatic rings. The Morgan fingerprint density at radius 2 is 2.15 bits per heavy atom. The fourth-order valence-corrected chi connectivity index (χ4v) is 2.73. The summed E-state index contributed by atoms with van der Waals surface area (Å²) in [6.07, 6.45) is 1.79. The SMILES string of the molecule is CC(C)(C)CC(=O)OCC1(CO)C/C(=C/c2ccc(F)c(Cl)c2)C(=O)O1. The lowest BCUT2D eigenvalue weighted by molar-refractivity contribution is -0.167. The van der Waals surface area contributed by atoms with Crippen LogP contribution in [0.4, 0.5) is 4.39 Å². The Morgan fingerprint density at radius 1 is 1.46 bits per heavy atom. The molecule has 0 amide bonds. The van der Waals surface area contributed by atoms with Crippen molar-refractivity contribution in [3.8, 4) is 0 Å². The highest BCUT2D eigenvalue weighted by molar-refractivity contribution is 6.30. The van der Waals surface area contributed by atoms with Gasteiger partial charge in [0, 0.05) is 12.0 Å². The second-order valence-corrected chi connectivity index (χ2v) is 8.06. The summed E-state index contributed by atoms with van der Waals surface area (Å²) in [7, 11) is 0. The van der Waals surface area contributed by atoms with E-state index < -0.39 is 30.0 Å². The molecule has 0 bridgehead atoms. The van der Waals surface area contributed by atoms with Crippen LogP contribution in [-0.4, -0.2) is 35.9 Å². The van der Waals surface area contributed by atoms with Gasteiger partial charge >= 0.3 is 11.9 Å². The molecule has 0 aromatic heterocycles. The van der Waals surface area contributed by atoms with Crippen LogP contribution in [0.15, 0.2) is 23.8 Å². The van der Waals surface area contributed by atoms with Gasteiger partial charge in [0.25, 0.3) is 0 Å². The zero-order chi connectivity index (χ0) is 19.5. The number of carbonyl (C=O) groups is 2. The highest BCUT2D eigenvalue weighted by Crippen LogP contribution is 2.33. The van der Waals surface area contributed by atoms with Crippen LogP contribution in [0.5, 0.6) is 0 Å². The van der Waals surface area contributed by atoms with Crippen LogP contribution in [0.1, 0.15) is 39.2 Å². The number of hydrogen-bond donors (Lipinski definition) is 1. The van der Waals surface area contributed by atoms with Crippen LogP contribution >= 0.6 is 11.6 Å². The van der Waals surface area contributed by atoms with Gasteiger partial charge in [0.2, 0.25) is 0 Å². The third kappa shape index (κ3) is 5.29. The molecular formula is C19H22ClFO5. The molecule has 26 heavy (non-hydrogen) atoms. The van der Waals surface area contributed by atoms with Crippen LogP contribution < -0.4 is 0 Å². The van der Waals surface area contributed by atoms with Gasteiger partial charge in [-0.05, 0) is 29.2 Å². The zero-order valence-corrected chi connectivity index (χ0v) is 15.7. The molecule has 1 fully saturated rings. The van der Waals surface area contributed by atoms with Gasteiger partial charge in [-0.2, -0.15) is 0 Å². The Hall–Kier alpha value is -1.92. The maximum Gasteiger partial charge on any atom is 0.334 e. The number of esters is 2. The predicted octanol–water partition coefficient (Wildman–Crippen LogP) is 3.52. The number of carbonyl (C=O) groups excluding carboxylic acids is 2. The lowest BCUT2D eigenvalue weighted by Crippen LogP contribution is -2.39. The molecule has 0 radical (unpaired) electrons. The highest BCUT2D eigenvalue weighted by atomic mass is 35.5. The quantitative estimate of drug-likeness (QED) is 0.621. The van der Waals surface area contributed by atoms with E-state index in [-0.39, 0.29) is 35.5 Å². The highest BCUT2D eigenvalue weighted by Gasteiger charge is 2.44. The summed E-state index contributed by atoms with van der Waals surface area (Å²) in [6.45, 7) is 5.00. The number of aliphatic hydroxyl groups is 1. The van der Waals surface area contributed by atoms with Crippen molar-refractivity contribution in [3.63, 3.8) is 0 Å². The van der Waals surface area contributed by atoms with E-state index in [1.807, 2.05) is 20.8 Å². The molecule has 0 spiro atoms. The first-order valence-corrected chi connectivity index (χ1v) is 8.57. The van der Waals surface area contributed by atoms with E-state index in [0.717, 1.165) is 0 Å². The fraction of sp³-hybridized carbons (Fsp3) is 0.474. The zero-order valence-electron chi connectivity index (χ0n) is 15.0. The van der Waals surface area contributed by atoms with Crippen molar-refractivity contribution >= 4 is 29.6 Å². The maximum atomic E-state index is 13.2. The van der Waals surface area contributed by atoms with Crippen molar-refractivity contribution in [1.82, 2.24) is 0 Å². The summed E-state index contributed by atoms with van der Waals surface area (Å²) in [5.74, 6) is -1.60. The molecule has 7 heteroatoms. The Bertz CT molecular complexity index is 738. The number of aliphatic hydroxyl groups excluding tert-OH is 1. The first-order chi connectivity index (χ1) is 12.0. The standard InChI is InChI=1S/C19H22ClFO5/c1-18(2,3)9-16(23)25-11-19(10-22)8-13(17(24)26-19)6-12-4-5-15(21)14(20)7-12/h4-7,22H,8-11H2,1-3H3/b13-6-. The van der Waals surface area contributed by atoms with Crippen LogP contribution in [0.3, 0.4) is 0 Å². The van der Waals surface area contributed by atoms with Gasteiger partial charge in [0.05, 0.1) is 18.1 Å². The summed E-state index contributed by atoms with van der Waals surface area (Å²) < 4.78 is 23.7. The van der Waals surface area contributed by atoms with Crippen LogP contribution in [0.2, 0.25) is 5.02 Å². The lowest BCUT2D eigenvalue weighted by atomic mass is 9.92. The van der Waals surface area contributed by atoms with Crippen LogP contribution in [0, 0.1) is 11.2 Å². The summed E-state index contributed by atoms with van der Waals surface area (Å²) in [5, 5.41) is 9.62. The molecule has 1 N–H and O–H groups in total. The van der Waals surface area contributed by atoms with Crippen molar-refractivity contribution in [3.05, 3.63) is 40.2 Å². The van der Waals surface area contributed by atoms with Gasteiger partial charge in [-0.3, -0.25) is 4.79 Å². The van der Waals surface area contributed by atoms with Gasteiger partial charge in [-0.1, -0.05) is 38.4 Å². The number of halogens is 2. The third-order valence-electron chi connectivity index (χ3n) is 3.83. The van der Waals surface area contributed by atoms with E-state index in [4.69, 9.17) is 21.1 Å². The van der Waals surface area contributed by atoms with Crippen LogP contribution in [0.25, 0.3) is 6.08 Å². The number of hydrogen-bond acceptors (Lipinski definition) is 5. The Kier molecular flexibility index (Phi) is 6.09. The van der Waals surface area contributed by atoms with Crippen LogP contribution in [-0.2, 0) is 19.1 Å². The Morgan fingerprint density at radius 3 is 2.73 bits per heavy atom. The minimum absolute atomic E-state index is 0.0600. The molecule has 1 heterocycles. The van der Waals surface area contributed by atoms with Gasteiger partial charge in [0.15, 0.2) is 5.60 Å². The molecule has 0 aliphatic carbocycles.